The van der Waals surface area contributed by atoms with Crippen molar-refractivity contribution in [3.05, 3.63) is 29.6 Å². The number of hydrogen-bond acceptors (Lipinski definition) is 2. The quantitative estimate of drug-likeness (QED) is 0.655. The lowest BCUT2D eigenvalue weighted by Crippen LogP contribution is -2.22. The van der Waals surface area contributed by atoms with Crippen LogP contribution in [-0.4, -0.2) is 11.5 Å². The molecule has 0 spiro atoms. The van der Waals surface area contributed by atoms with Crippen LogP contribution < -0.4 is 5.32 Å². The molecule has 0 aromatic carbocycles. The van der Waals surface area contributed by atoms with Crippen molar-refractivity contribution in [2.75, 3.05) is 6.54 Å². The molecular weight excluding hydrogens is 220 g/mol. The average molecular weight is 248 g/mol. The standard InChI is InChI=1S/C16H28N2/c1-4-6-7-8-9-12-15(17-5-2)16-14(3)11-10-13-18-16/h10-11,13,15,17H,4-9,12H2,1-3H3. The Bertz CT molecular complexity index is 323. The molecule has 2 heteroatoms. The van der Waals surface area contributed by atoms with Crippen LogP contribution in [0.4, 0.5) is 0 Å². The lowest BCUT2D eigenvalue weighted by atomic mass is 10.0. The minimum atomic E-state index is 0.429. The van der Waals surface area contributed by atoms with Crippen molar-refractivity contribution < 1.29 is 0 Å². The van der Waals surface area contributed by atoms with E-state index in [0.29, 0.717) is 6.04 Å². The van der Waals surface area contributed by atoms with Gasteiger partial charge >= 0.3 is 0 Å². The van der Waals surface area contributed by atoms with Crippen LogP contribution in [0.25, 0.3) is 0 Å². The van der Waals surface area contributed by atoms with Gasteiger partial charge in [0.2, 0.25) is 0 Å². The molecule has 1 unspecified atom stereocenters. The van der Waals surface area contributed by atoms with Crippen LogP contribution in [0.2, 0.25) is 0 Å². The van der Waals surface area contributed by atoms with E-state index < -0.39 is 0 Å². The summed E-state index contributed by atoms with van der Waals surface area (Å²) in [6.07, 6.45) is 9.81. The van der Waals surface area contributed by atoms with Crippen molar-refractivity contribution in [3.63, 3.8) is 0 Å². The maximum Gasteiger partial charge on any atom is 0.0602 e. The van der Waals surface area contributed by atoms with Crippen LogP contribution in [0.1, 0.15) is 69.7 Å². The Morgan fingerprint density at radius 2 is 1.94 bits per heavy atom. The third kappa shape index (κ3) is 5.18. The molecular formula is C16H28N2. The number of unbranched alkanes of at least 4 members (excludes halogenated alkanes) is 4. The van der Waals surface area contributed by atoms with E-state index in [-0.39, 0.29) is 0 Å². The zero-order valence-corrected chi connectivity index (χ0v) is 12.2. The molecule has 0 amide bonds. The van der Waals surface area contributed by atoms with E-state index in [2.05, 4.69) is 37.1 Å². The molecule has 0 aliphatic carbocycles. The van der Waals surface area contributed by atoms with Gasteiger partial charge in [-0.15, -0.1) is 0 Å². The number of nitrogens with one attached hydrogen (secondary N) is 1. The molecule has 0 fully saturated rings. The van der Waals surface area contributed by atoms with Crippen molar-refractivity contribution in [1.29, 1.82) is 0 Å². The third-order valence-electron chi connectivity index (χ3n) is 3.43. The number of pyridine rings is 1. The van der Waals surface area contributed by atoms with Crippen LogP contribution in [0, 0.1) is 6.92 Å². The monoisotopic (exact) mass is 248 g/mol. The molecule has 1 atom stereocenters. The Kier molecular flexibility index (Phi) is 7.66. The van der Waals surface area contributed by atoms with E-state index in [4.69, 9.17) is 0 Å². The van der Waals surface area contributed by atoms with Gasteiger partial charge in [-0.05, 0) is 31.5 Å². The van der Waals surface area contributed by atoms with Crippen LogP contribution in [0.5, 0.6) is 0 Å². The second-order valence-corrected chi connectivity index (χ2v) is 5.02. The minimum absolute atomic E-state index is 0.429. The fraction of sp³-hybridized carbons (Fsp3) is 0.688. The fourth-order valence-electron chi connectivity index (χ4n) is 2.40. The highest BCUT2D eigenvalue weighted by atomic mass is 14.9. The van der Waals surface area contributed by atoms with Crippen molar-refractivity contribution in [3.8, 4) is 0 Å². The molecule has 0 aliphatic heterocycles. The second kappa shape index (κ2) is 9.09. The van der Waals surface area contributed by atoms with Gasteiger partial charge in [-0.1, -0.05) is 52.0 Å². The normalized spacial score (nSPS) is 12.6. The maximum absolute atomic E-state index is 4.55. The van der Waals surface area contributed by atoms with Gasteiger partial charge in [0.15, 0.2) is 0 Å². The number of aryl methyl sites for hydroxylation is 1. The molecule has 0 radical (unpaired) electrons. The minimum Gasteiger partial charge on any atom is -0.309 e. The molecule has 1 aromatic heterocycles. The third-order valence-corrected chi connectivity index (χ3v) is 3.43. The first kappa shape index (κ1) is 15.2. The number of nitrogens with zero attached hydrogens (tertiary/aromatic N) is 1. The fourth-order valence-corrected chi connectivity index (χ4v) is 2.40. The highest BCUT2D eigenvalue weighted by Crippen LogP contribution is 2.21. The predicted molar refractivity (Wildman–Crippen MR) is 78.8 cm³/mol. The Morgan fingerprint density at radius 3 is 2.61 bits per heavy atom. The van der Waals surface area contributed by atoms with Crippen molar-refractivity contribution in [2.45, 2.75) is 65.3 Å². The van der Waals surface area contributed by atoms with Gasteiger partial charge in [0, 0.05) is 12.2 Å². The number of hydrogen-bond donors (Lipinski definition) is 1. The highest BCUT2D eigenvalue weighted by Gasteiger charge is 2.13. The summed E-state index contributed by atoms with van der Waals surface area (Å²) in [5.74, 6) is 0. The highest BCUT2D eigenvalue weighted by molar-refractivity contribution is 5.20. The van der Waals surface area contributed by atoms with Crippen molar-refractivity contribution in [1.82, 2.24) is 10.3 Å². The smallest absolute Gasteiger partial charge is 0.0602 e. The van der Waals surface area contributed by atoms with Gasteiger partial charge in [0.1, 0.15) is 0 Å². The van der Waals surface area contributed by atoms with Crippen LogP contribution in [0.15, 0.2) is 18.3 Å². The molecule has 1 rings (SSSR count). The molecule has 1 aromatic rings. The lowest BCUT2D eigenvalue weighted by molar-refractivity contribution is 0.468. The van der Waals surface area contributed by atoms with E-state index >= 15 is 0 Å². The zero-order valence-electron chi connectivity index (χ0n) is 12.2. The molecule has 0 bridgehead atoms. The summed E-state index contributed by atoms with van der Waals surface area (Å²) in [6, 6.07) is 4.60. The lowest BCUT2D eigenvalue weighted by Gasteiger charge is -2.19. The summed E-state index contributed by atoms with van der Waals surface area (Å²) >= 11 is 0. The first-order valence-electron chi connectivity index (χ1n) is 7.44. The van der Waals surface area contributed by atoms with Gasteiger partial charge < -0.3 is 5.32 Å². The van der Waals surface area contributed by atoms with E-state index in [1.165, 1.54) is 49.8 Å². The van der Waals surface area contributed by atoms with Gasteiger partial charge in [0.05, 0.1) is 5.69 Å². The summed E-state index contributed by atoms with van der Waals surface area (Å²) in [5.41, 5.74) is 2.53. The summed E-state index contributed by atoms with van der Waals surface area (Å²) in [6.45, 7) is 7.60. The molecule has 1 heterocycles. The summed E-state index contributed by atoms with van der Waals surface area (Å²) in [4.78, 5) is 4.55. The van der Waals surface area contributed by atoms with Crippen molar-refractivity contribution >= 4 is 0 Å². The van der Waals surface area contributed by atoms with E-state index in [0.717, 1.165) is 6.54 Å². The molecule has 18 heavy (non-hydrogen) atoms. The largest absolute Gasteiger partial charge is 0.309 e. The molecule has 0 saturated carbocycles. The molecule has 102 valence electrons. The van der Waals surface area contributed by atoms with Gasteiger partial charge in [-0.25, -0.2) is 0 Å². The number of aromatic nitrogens is 1. The Labute approximate surface area is 112 Å². The molecule has 0 saturated heterocycles. The van der Waals surface area contributed by atoms with E-state index in [1.807, 2.05) is 12.3 Å². The Hall–Kier alpha value is -0.890. The van der Waals surface area contributed by atoms with Crippen LogP contribution >= 0.6 is 0 Å². The summed E-state index contributed by atoms with van der Waals surface area (Å²) < 4.78 is 0. The first-order chi connectivity index (χ1) is 8.79. The number of rotatable bonds is 9. The maximum atomic E-state index is 4.55. The van der Waals surface area contributed by atoms with E-state index in [9.17, 15) is 0 Å². The second-order valence-electron chi connectivity index (χ2n) is 5.02. The zero-order chi connectivity index (χ0) is 13.2. The van der Waals surface area contributed by atoms with Crippen molar-refractivity contribution in [2.24, 2.45) is 0 Å². The van der Waals surface area contributed by atoms with Gasteiger partial charge in [0.25, 0.3) is 0 Å². The topological polar surface area (TPSA) is 24.9 Å². The first-order valence-corrected chi connectivity index (χ1v) is 7.44. The van der Waals surface area contributed by atoms with Gasteiger partial charge in [-0.2, -0.15) is 0 Å². The van der Waals surface area contributed by atoms with E-state index in [1.54, 1.807) is 0 Å². The Balaban J connectivity index is 2.47. The predicted octanol–water partition coefficient (Wildman–Crippen LogP) is 4.40. The van der Waals surface area contributed by atoms with Crippen LogP contribution in [-0.2, 0) is 0 Å². The van der Waals surface area contributed by atoms with Gasteiger partial charge in [-0.3, -0.25) is 4.98 Å². The summed E-state index contributed by atoms with van der Waals surface area (Å²) in [7, 11) is 0. The molecule has 1 N–H and O–H groups in total. The SMILES string of the molecule is CCCCCCCC(NCC)c1ncccc1C. The summed E-state index contributed by atoms with van der Waals surface area (Å²) in [5, 5.41) is 3.57. The molecule has 0 aliphatic rings. The Morgan fingerprint density at radius 1 is 1.17 bits per heavy atom. The molecule has 2 nitrogen and oxygen atoms in total. The average Bonchev–Trinajstić information content (AvgIpc) is 2.38. The van der Waals surface area contributed by atoms with Crippen LogP contribution in [0.3, 0.4) is 0 Å².